The number of aromatic nitrogens is 1. The maximum atomic E-state index is 12.3. The Hall–Kier alpha value is -1.79. The van der Waals surface area contributed by atoms with Gasteiger partial charge in [-0.1, -0.05) is 6.92 Å². The lowest BCUT2D eigenvalue weighted by Crippen LogP contribution is -2.38. The summed E-state index contributed by atoms with van der Waals surface area (Å²) in [5.74, 6) is -0.848. The summed E-state index contributed by atoms with van der Waals surface area (Å²) in [4.78, 5) is 15.9. The van der Waals surface area contributed by atoms with E-state index < -0.39 is 23.8 Å². The first kappa shape index (κ1) is 14.3. The molecule has 1 aromatic heterocycles. The van der Waals surface area contributed by atoms with Crippen LogP contribution in [0.25, 0.3) is 0 Å². The van der Waals surface area contributed by atoms with E-state index in [2.05, 4.69) is 4.98 Å². The Balaban J connectivity index is 2.94. The van der Waals surface area contributed by atoms with E-state index in [1.54, 1.807) is 6.92 Å². The summed E-state index contributed by atoms with van der Waals surface area (Å²) in [6.07, 6.45) is -3.42. The minimum Gasteiger partial charge on any atom is -0.480 e. The number of carboxylic acid groups (broad SMARTS) is 1. The molecule has 1 unspecified atom stereocenters. The molecule has 1 N–H and O–H groups in total. The highest BCUT2D eigenvalue weighted by Crippen LogP contribution is 2.29. The number of hydrogen-bond donors (Lipinski definition) is 1. The molecule has 0 radical (unpaired) electrons. The van der Waals surface area contributed by atoms with Crippen molar-refractivity contribution in [2.45, 2.75) is 25.6 Å². The summed E-state index contributed by atoms with van der Waals surface area (Å²) in [5.41, 5.74) is -0.858. The predicted octanol–water partition coefficient (Wildman–Crippen LogP) is 2.40. The third-order valence-corrected chi connectivity index (χ3v) is 2.58. The van der Waals surface area contributed by atoms with Crippen molar-refractivity contribution in [3.63, 3.8) is 0 Å². The molecule has 1 heterocycles. The molecule has 7 heteroatoms. The van der Waals surface area contributed by atoms with Gasteiger partial charge in [-0.2, -0.15) is 13.2 Å². The number of halogens is 3. The van der Waals surface area contributed by atoms with Crippen LogP contribution in [0.5, 0.6) is 0 Å². The maximum Gasteiger partial charge on any atom is 0.417 e. The Morgan fingerprint density at radius 2 is 2.11 bits per heavy atom. The monoisotopic (exact) mass is 262 g/mol. The van der Waals surface area contributed by atoms with E-state index in [4.69, 9.17) is 5.11 Å². The standard InChI is InChI=1S/C11H13F3N2O2/c1-3-8(10(17)18)16(2)9-5-4-7(6-15-9)11(12,13)14/h4-6,8H,3H2,1-2H3,(H,17,18). The molecule has 100 valence electrons. The molecule has 1 atom stereocenters. The Labute approximate surface area is 102 Å². The van der Waals surface area contributed by atoms with Gasteiger partial charge in [0.05, 0.1) is 5.56 Å². The van der Waals surface area contributed by atoms with E-state index in [1.165, 1.54) is 11.9 Å². The van der Waals surface area contributed by atoms with Crippen LogP contribution in [0.4, 0.5) is 19.0 Å². The lowest BCUT2D eigenvalue weighted by atomic mass is 10.2. The van der Waals surface area contributed by atoms with Crippen LogP contribution < -0.4 is 4.90 Å². The molecule has 0 amide bonds. The first-order valence-corrected chi connectivity index (χ1v) is 5.26. The molecular weight excluding hydrogens is 249 g/mol. The number of hydrogen-bond acceptors (Lipinski definition) is 3. The fraction of sp³-hybridized carbons (Fsp3) is 0.455. The fourth-order valence-electron chi connectivity index (χ4n) is 1.54. The lowest BCUT2D eigenvalue weighted by molar-refractivity contribution is -0.139. The van der Waals surface area contributed by atoms with Gasteiger partial charge in [-0.05, 0) is 18.6 Å². The van der Waals surface area contributed by atoms with Crippen LogP contribution in [-0.4, -0.2) is 29.1 Å². The molecule has 4 nitrogen and oxygen atoms in total. The van der Waals surface area contributed by atoms with Crippen LogP contribution in [-0.2, 0) is 11.0 Å². The van der Waals surface area contributed by atoms with Crippen LogP contribution in [0.3, 0.4) is 0 Å². The van der Waals surface area contributed by atoms with E-state index in [0.29, 0.717) is 12.6 Å². The molecule has 0 aromatic carbocycles. The number of carboxylic acids is 1. The van der Waals surface area contributed by atoms with Crippen LogP contribution in [0.2, 0.25) is 0 Å². The summed E-state index contributed by atoms with van der Waals surface area (Å²) < 4.78 is 37.0. The topological polar surface area (TPSA) is 53.4 Å². The van der Waals surface area contributed by atoms with Crippen molar-refractivity contribution >= 4 is 11.8 Å². The minimum atomic E-state index is -4.44. The fourth-order valence-corrected chi connectivity index (χ4v) is 1.54. The second-order valence-electron chi connectivity index (χ2n) is 3.78. The van der Waals surface area contributed by atoms with Gasteiger partial charge in [-0.3, -0.25) is 0 Å². The van der Waals surface area contributed by atoms with E-state index >= 15 is 0 Å². The molecule has 0 bridgehead atoms. The average Bonchev–Trinajstić information content (AvgIpc) is 2.28. The molecule has 18 heavy (non-hydrogen) atoms. The second kappa shape index (κ2) is 5.24. The number of rotatable bonds is 4. The van der Waals surface area contributed by atoms with Crippen molar-refractivity contribution in [2.75, 3.05) is 11.9 Å². The molecule has 1 rings (SSSR count). The third kappa shape index (κ3) is 3.12. The van der Waals surface area contributed by atoms with E-state index in [0.717, 1.165) is 12.1 Å². The van der Waals surface area contributed by atoms with Crippen molar-refractivity contribution in [3.05, 3.63) is 23.9 Å². The number of alkyl halides is 3. The lowest BCUT2D eigenvalue weighted by Gasteiger charge is -2.24. The summed E-state index contributed by atoms with van der Waals surface area (Å²) >= 11 is 0. The van der Waals surface area contributed by atoms with Crippen molar-refractivity contribution in [1.82, 2.24) is 4.98 Å². The minimum absolute atomic E-state index is 0.192. The first-order valence-electron chi connectivity index (χ1n) is 5.26. The highest BCUT2D eigenvalue weighted by molar-refractivity contribution is 5.77. The number of anilines is 1. The van der Waals surface area contributed by atoms with Gasteiger partial charge in [-0.25, -0.2) is 9.78 Å². The number of pyridine rings is 1. The van der Waals surface area contributed by atoms with Crippen LogP contribution in [0, 0.1) is 0 Å². The zero-order chi connectivity index (χ0) is 13.9. The quantitative estimate of drug-likeness (QED) is 0.905. The van der Waals surface area contributed by atoms with Crippen molar-refractivity contribution in [1.29, 1.82) is 0 Å². The smallest absolute Gasteiger partial charge is 0.417 e. The molecule has 0 spiro atoms. The molecular formula is C11H13F3N2O2. The van der Waals surface area contributed by atoms with Crippen LogP contribution in [0.1, 0.15) is 18.9 Å². The Morgan fingerprint density at radius 1 is 1.50 bits per heavy atom. The number of carbonyl (C=O) groups is 1. The number of aliphatic carboxylic acids is 1. The summed E-state index contributed by atoms with van der Waals surface area (Å²) in [5, 5.41) is 8.94. The molecule has 1 aromatic rings. The summed E-state index contributed by atoms with van der Waals surface area (Å²) in [7, 11) is 1.48. The van der Waals surface area contributed by atoms with E-state index in [1.807, 2.05) is 0 Å². The molecule has 0 fully saturated rings. The van der Waals surface area contributed by atoms with Crippen LogP contribution in [0.15, 0.2) is 18.3 Å². The predicted molar refractivity (Wildman–Crippen MR) is 59.4 cm³/mol. The van der Waals surface area contributed by atoms with Gasteiger partial charge in [0.15, 0.2) is 0 Å². The van der Waals surface area contributed by atoms with Gasteiger partial charge in [-0.15, -0.1) is 0 Å². The first-order chi connectivity index (χ1) is 8.27. The zero-order valence-corrected chi connectivity index (χ0v) is 9.90. The third-order valence-electron chi connectivity index (χ3n) is 2.58. The van der Waals surface area contributed by atoms with Crippen molar-refractivity contribution < 1.29 is 23.1 Å². The molecule has 0 aliphatic carbocycles. The van der Waals surface area contributed by atoms with Crippen molar-refractivity contribution in [3.8, 4) is 0 Å². The van der Waals surface area contributed by atoms with Gasteiger partial charge in [0, 0.05) is 13.2 Å². The number of nitrogens with zero attached hydrogens (tertiary/aromatic N) is 2. The molecule has 0 aliphatic rings. The van der Waals surface area contributed by atoms with Gasteiger partial charge in [0.1, 0.15) is 11.9 Å². The largest absolute Gasteiger partial charge is 0.480 e. The second-order valence-corrected chi connectivity index (χ2v) is 3.78. The SMILES string of the molecule is CCC(C(=O)O)N(C)c1ccc(C(F)(F)F)cn1. The molecule has 0 saturated carbocycles. The summed E-state index contributed by atoms with van der Waals surface area (Å²) in [6, 6.07) is 1.23. The van der Waals surface area contributed by atoms with E-state index in [9.17, 15) is 18.0 Å². The van der Waals surface area contributed by atoms with Crippen LogP contribution >= 0.6 is 0 Å². The highest BCUT2D eigenvalue weighted by atomic mass is 19.4. The molecule has 0 saturated heterocycles. The number of likely N-dealkylation sites (N-methyl/N-ethyl adjacent to an activating group) is 1. The van der Waals surface area contributed by atoms with Gasteiger partial charge in [0.2, 0.25) is 0 Å². The Bertz CT molecular complexity index is 417. The Kier molecular flexibility index (Phi) is 4.15. The van der Waals surface area contributed by atoms with Gasteiger partial charge in [0.25, 0.3) is 0 Å². The zero-order valence-electron chi connectivity index (χ0n) is 9.90. The van der Waals surface area contributed by atoms with Crippen molar-refractivity contribution in [2.24, 2.45) is 0 Å². The summed E-state index contributed by atoms with van der Waals surface area (Å²) in [6.45, 7) is 1.68. The van der Waals surface area contributed by atoms with E-state index in [-0.39, 0.29) is 5.82 Å². The molecule has 0 aliphatic heterocycles. The van der Waals surface area contributed by atoms with Gasteiger partial charge < -0.3 is 10.0 Å². The maximum absolute atomic E-state index is 12.3. The highest BCUT2D eigenvalue weighted by Gasteiger charge is 2.31. The Morgan fingerprint density at radius 3 is 2.44 bits per heavy atom. The van der Waals surface area contributed by atoms with Gasteiger partial charge >= 0.3 is 12.1 Å². The normalized spacial score (nSPS) is 13.2. The average molecular weight is 262 g/mol.